The van der Waals surface area contributed by atoms with Gasteiger partial charge in [-0.15, -0.1) is 0 Å². The van der Waals surface area contributed by atoms with Gasteiger partial charge in [0.1, 0.15) is 0 Å². The first-order valence-corrected chi connectivity index (χ1v) is 4.14. The monoisotopic (exact) mass is 176 g/mol. The molecule has 13 heavy (non-hydrogen) atoms. The summed E-state index contributed by atoms with van der Waals surface area (Å²) in [7, 11) is 1.87. The summed E-state index contributed by atoms with van der Waals surface area (Å²) in [5, 5.41) is 5.11. The van der Waals surface area contributed by atoms with Gasteiger partial charge in [-0.2, -0.15) is 5.10 Å². The molecule has 4 nitrogen and oxygen atoms in total. The van der Waals surface area contributed by atoms with Crippen molar-refractivity contribution in [2.24, 2.45) is 12.8 Å². The number of rotatable bonds is 1. The van der Waals surface area contributed by atoms with Crippen molar-refractivity contribution in [3.63, 3.8) is 0 Å². The summed E-state index contributed by atoms with van der Waals surface area (Å²) in [6.45, 7) is 0.510. The molecule has 0 saturated heterocycles. The molecule has 0 fully saturated rings. The van der Waals surface area contributed by atoms with Crippen LogP contribution in [0.3, 0.4) is 0 Å². The van der Waals surface area contributed by atoms with E-state index >= 15 is 0 Å². The van der Waals surface area contributed by atoms with Crippen LogP contribution < -0.4 is 11.5 Å². The average Bonchev–Trinajstić information content (AvgIpc) is 2.43. The van der Waals surface area contributed by atoms with Crippen molar-refractivity contribution in [1.82, 2.24) is 9.78 Å². The van der Waals surface area contributed by atoms with Gasteiger partial charge >= 0.3 is 0 Å². The smallest absolute Gasteiger partial charge is 0.153 e. The predicted octanol–water partition coefficient (Wildman–Crippen LogP) is 0.614. The van der Waals surface area contributed by atoms with E-state index in [2.05, 4.69) is 5.10 Å². The quantitative estimate of drug-likeness (QED) is 0.669. The van der Waals surface area contributed by atoms with Gasteiger partial charge in [0, 0.05) is 19.0 Å². The normalized spacial score (nSPS) is 10.9. The first-order chi connectivity index (χ1) is 6.24. The highest BCUT2D eigenvalue weighted by Crippen LogP contribution is 2.22. The summed E-state index contributed by atoms with van der Waals surface area (Å²) in [6, 6.07) is 5.89. The molecular formula is C9H12N4. The highest BCUT2D eigenvalue weighted by atomic mass is 15.3. The van der Waals surface area contributed by atoms with Crippen LogP contribution in [-0.4, -0.2) is 9.78 Å². The highest BCUT2D eigenvalue weighted by molar-refractivity contribution is 5.91. The van der Waals surface area contributed by atoms with Gasteiger partial charge in [-0.3, -0.25) is 4.68 Å². The van der Waals surface area contributed by atoms with Crippen molar-refractivity contribution in [1.29, 1.82) is 0 Å². The highest BCUT2D eigenvalue weighted by Gasteiger charge is 2.07. The summed E-state index contributed by atoms with van der Waals surface area (Å²) < 4.78 is 1.77. The van der Waals surface area contributed by atoms with E-state index in [1.807, 2.05) is 25.2 Å². The number of anilines is 1. The van der Waals surface area contributed by atoms with E-state index in [4.69, 9.17) is 11.5 Å². The first kappa shape index (κ1) is 8.07. The lowest BCUT2D eigenvalue weighted by atomic mass is 10.1. The number of nitrogens with two attached hydrogens (primary N) is 2. The largest absolute Gasteiger partial charge is 0.382 e. The third-order valence-corrected chi connectivity index (χ3v) is 2.20. The number of hydrogen-bond donors (Lipinski definition) is 2. The molecule has 0 unspecified atom stereocenters. The van der Waals surface area contributed by atoms with Gasteiger partial charge in [0.25, 0.3) is 0 Å². The minimum Gasteiger partial charge on any atom is -0.382 e. The summed E-state index contributed by atoms with van der Waals surface area (Å²) in [6.07, 6.45) is 0. The molecule has 0 amide bonds. The minimum atomic E-state index is 0.510. The topological polar surface area (TPSA) is 69.9 Å². The molecule has 0 atom stereocenters. The zero-order valence-electron chi connectivity index (χ0n) is 7.49. The van der Waals surface area contributed by atoms with Crippen LogP contribution in [0.5, 0.6) is 0 Å². The van der Waals surface area contributed by atoms with Crippen molar-refractivity contribution in [2.75, 3.05) is 5.73 Å². The Labute approximate surface area is 76.1 Å². The molecule has 0 bridgehead atoms. The van der Waals surface area contributed by atoms with Crippen molar-refractivity contribution < 1.29 is 0 Å². The fourth-order valence-corrected chi connectivity index (χ4v) is 1.61. The van der Waals surface area contributed by atoms with Crippen LogP contribution in [0.2, 0.25) is 0 Å². The Kier molecular flexibility index (Phi) is 1.70. The molecule has 0 spiro atoms. The molecule has 0 radical (unpaired) electrons. The third-order valence-electron chi connectivity index (χ3n) is 2.20. The molecule has 4 N–H and O–H groups in total. The van der Waals surface area contributed by atoms with Gasteiger partial charge in [0.05, 0.1) is 5.52 Å². The van der Waals surface area contributed by atoms with Crippen LogP contribution in [0.1, 0.15) is 5.56 Å². The molecule has 1 aromatic heterocycles. The first-order valence-electron chi connectivity index (χ1n) is 4.14. The fraction of sp³-hybridized carbons (Fsp3) is 0.222. The van der Waals surface area contributed by atoms with Gasteiger partial charge in [0.15, 0.2) is 5.82 Å². The molecule has 0 saturated carbocycles. The zero-order valence-corrected chi connectivity index (χ0v) is 7.49. The van der Waals surface area contributed by atoms with Gasteiger partial charge in [-0.1, -0.05) is 12.1 Å². The molecular weight excluding hydrogens is 164 g/mol. The molecule has 4 heteroatoms. The Morgan fingerprint density at radius 2 is 2.23 bits per heavy atom. The van der Waals surface area contributed by atoms with E-state index in [9.17, 15) is 0 Å². The van der Waals surface area contributed by atoms with Crippen LogP contribution in [0.25, 0.3) is 10.9 Å². The summed E-state index contributed by atoms with van der Waals surface area (Å²) >= 11 is 0. The second-order valence-corrected chi connectivity index (χ2v) is 3.03. The SMILES string of the molecule is Cn1nc(N)c2cccc(CN)c21. The van der Waals surface area contributed by atoms with Crippen LogP contribution in [-0.2, 0) is 13.6 Å². The maximum Gasteiger partial charge on any atom is 0.153 e. The molecule has 2 aromatic rings. The van der Waals surface area contributed by atoms with Gasteiger partial charge < -0.3 is 11.5 Å². The molecule has 68 valence electrons. The minimum absolute atomic E-state index is 0.510. The number of nitrogens with zero attached hydrogens (tertiary/aromatic N) is 2. The van der Waals surface area contributed by atoms with E-state index in [1.165, 1.54) is 0 Å². The molecule has 0 aliphatic heterocycles. The van der Waals surface area contributed by atoms with E-state index in [0.29, 0.717) is 12.4 Å². The maximum atomic E-state index is 5.73. The summed E-state index contributed by atoms with van der Waals surface area (Å²) in [5.74, 6) is 0.563. The Bertz CT molecular complexity index is 444. The van der Waals surface area contributed by atoms with Crippen molar-refractivity contribution in [3.05, 3.63) is 23.8 Å². The van der Waals surface area contributed by atoms with Crippen molar-refractivity contribution in [3.8, 4) is 0 Å². The van der Waals surface area contributed by atoms with Gasteiger partial charge in [0.2, 0.25) is 0 Å². The average molecular weight is 176 g/mol. The standard InChI is InChI=1S/C9H12N4/c1-13-8-6(5-10)3-2-4-7(8)9(11)12-13/h2-4H,5,10H2,1H3,(H2,11,12). The lowest BCUT2D eigenvalue weighted by Gasteiger charge is -2.00. The number of nitrogen functional groups attached to an aromatic ring is 1. The van der Waals surface area contributed by atoms with Crippen molar-refractivity contribution in [2.45, 2.75) is 6.54 Å². The molecule has 0 aliphatic rings. The van der Waals surface area contributed by atoms with Crippen LogP contribution >= 0.6 is 0 Å². The van der Waals surface area contributed by atoms with Gasteiger partial charge in [-0.05, 0) is 11.6 Å². The number of aromatic nitrogens is 2. The van der Waals surface area contributed by atoms with Crippen LogP contribution in [0, 0.1) is 0 Å². The lowest BCUT2D eigenvalue weighted by molar-refractivity contribution is 0.796. The van der Waals surface area contributed by atoms with E-state index in [1.54, 1.807) is 4.68 Å². The Morgan fingerprint density at radius 3 is 2.92 bits per heavy atom. The number of hydrogen-bond acceptors (Lipinski definition) is 3. The predicted molar refractivity (Wildman–Crippen MR) is 53.0 cm³/mol. The zero-order chi connectivity index (χ0) is 9.42. The van der Waals surface area contributed by atoms with Crippen molar-refractivity contribution >= 4 is 16.7 Å². The maximum absolute atomic E-state index is 5.73. The third kappa shape index (κ3) is 1.07. The van der Waals surface area contributed by atoms with Crippen LogP contribution in [0.4, 0.5) is 5.82 Å². The fourth-order valence-electron chi connectivity index (χ4n) is 1.61. The number of benzene rings is 1. The van der Waals surface area contributed by atoms with Crippen LogP contribution in [0.15, 0.2) is 18.2 Å². The molecule has 1 heterocycles. The lowest BCUT2D eigenvalue weighted by Crippen LogP contribution is -2.00. The van der Waals surface area contributed by atoms with E-state index < -0.39 is 0 Å². The Morgan fingerprint density at radius 1 is 1.46 bits per heavy atom. The van der Waals surface area contributed by atoms with E-state index in [-0.39, 0.29) is 0 Å². The number of aryl methyl sites for hydroxylation is 1. The number of fused-ring (bicyclic) bond motifs is 1. The number of para-hydroxylation sites is 1. The Balaban J connectivity index is 2.88. The van der Waals surface area contributed by atoms with E-state index in [0.717, 1.165) is 16.5 Å². The molecule has 0 aliphatic carbocycles. The summed E-state index contributed by atoms with van der Waals surface area (Å²) in [5.41, 5.74) is 13.4. The Hall–Kier alpha value is -1.55. The second kappa shape index (κ2) is 2.74. The molecule has 1 aromatic carbocycles. The summed E-state index contributed by atoms with van der Waals surface area (Å²) in [4.78, 5) is 0. The second-order valence-electron chi connectivity index (χ2n) is 3.03. The molecule has 2 rings (SSSR count). The van der Waals surface area contributed by atoms with Gasteiger partial charge in [-0.25, -0.2) is 0 Å².